The molecule has 0 saturated carbocycles. The molecule has 0 bridgehead atoms. The average Bonchev–Trinajstić information content (AvgIpc) is 4.05. The van der Waals surface area contributed by atoms with Crippen molar-refractivity contribution >= 4 is 121 Å². The minimum absolute atomic E-state index is 0. The van der Waals surface area contributed by atoms with E-state index in [1.165, 1.54) is 30.3 Å². The largest absolute Gasteiger partial charge is 1.00 e. The van der Waals surface area contributed by atoms with Gasteiger partial charge in [0, 0.05) is 53.7 Å². The Morgan fingerprint density at radius 1 is 0.444 bits per heavy atom. The fraction of sp³-hybridized carbons (Fsp3) is 0.182. The maximum absolute atomic E-state index is 12.7. The van der Waals surface area contributed by atoms with Gasteiger partial charge in [-0.05, 0) is 67.5 Å². The zero-order valence-corrected chi connectivity index (χ0v) is 41.8. The van der Waals surface area contributed by atoms with Crippen LogP contribution in [0.3, 0.4) is 0 Å². The minimum Gasteiger partial charge on any atom is -0.744 e. The summed E-state index contributed by atoms with van der Waals surface area (Å²) in [4.78, 5) is 30.0. The van der Waals surface area contributed by atoms with Crippen LogP contribution in [-0.4, -0.2) is 95.0 Å². The number of fused-ring (bicyclic) bond motifs is 3. The number of nitrogens with zero attached hydrogens (tertiary/aromatic N) is 8. The third-order valence-electron chi connectivity index (χ3n) is 11.5. The van der Waals surface area contributed by atoms with E-state index < -0.39 is 45.0 Å². The van der Waals surface area contributed by atoms with E-state index in [4.69, 9.17) is 9.97 Å². The van der Waals surface area contributed by atoms with Gasteiger partial charge in [0.1, 0.15) is 30.4 Å². The Hall–Kier alpha value is -4.96. The van der Waals surface area contributed by atoms with Crippen LogP contribution >= 0.6 is 0 Å². The van der Waals surface area contributed by atoms with Gasteiger partial charge in [-0.25, -0.2) is 25.3 Å². The first-order valence-corrected chi connectivity index (χ1v) is 25.3. The summed E-state index contributed by atoms with van der Waals surface area (Å²) in [5.74, 6) is 0.710. The van der Waals surface area contributed by atoms with Crippen molar-refractivity contribution in [3.05, 3.63) is 103 Å². The van der Waals surface area contributed by atoms with E-state index in [9.17, 15) is 38.9 Å². The van der Waals surface area contributed by atoms with Crippen molar-refractivity contribution in [3.8, 4) is 0 Å². The molecule has 2 saturated heterocycles. The maximum atomic E-state index is 12.7. The molecule has 2 fully saturated rings. The number of rotatable bonds is 13. The van der Waals surface area contributed by atoms with Crippen molar-refractivity contribution in [2.45, 2.75) is 40.4 Å². The van der Waals surface area contributed by atoms with Gasteiger partial charge in [-0.3, -0.25) is 0 Å². The van der Waals surface area contributed by atoms with Crippen LogP contribution in [0.5, 0.6) is 0 Å². The number of benzene rings is 6. The molecule has 8 aromatic rings. The minimum atomic E-state index is -5.20. The molecule has 0 radical (unpaired) electrons. The van der Waals surface area contributed by atoms with Crippen LogP contribution < -0.4 is 107 Å². The molecule has 4 heterocycles. The smallest absolute Gasteiger partial charge is 0.744 e. The number of hydrogen-bond acceptors (Lipinski definition) is 21. The van der Waals surface area contributed by atoms with E-state index >= 15 is 0 Å². The van der Waals surface area contributed by atoms with Crippen molar-refractivity contribution < 1.29 is 114 Å². The zero-order valence-electron chi connectivity index (χ0n) is 39.4. The summed E-state index contributed by atoms with van der Waals surface area (Å²) in [5, 5.41) is 14.5. The Bertz CT molecular complexity index is 3690. The average molecular weight is 1000 g/mol. The number of anilines is 10. The summed E-state index contributed by atoms with van der Waals surface area (Å²) < 4.78 is 111. The summed E-state index contributed by atoms with van der Waals surface area (Å²) in [6.45, 7) is 2.65. The van der Waals surface area contributed by atoms with E-state index in [2.05, 4.69) is 47.3 Å². The number of hydrogen-bond donors (Lipinski definition) is 4. The molecular formula is C44H36Li4N12O9S3. The van der Waals surface area contributed by atoms with Gasteiger partial charge in [-0.15, -0.1) is 16.8 Å². The third kappa shape index (κ3) is 12.0. The monoisotopic (exact) mass is 1000 g/mol. The molecule has 0 amide bonds. The van der Waals surface area contributed by atoms with Crippen LogP contribution in [0, 0.1) is 6.07 Å². The second kappa shape index (κ2) is 22.7. The molecule has 4 N–H and O–H groups in total. The van der Waals surface area contributed by atoms with Crippen LogP contribution in [0.25, 0.3) is 32.3 Å². The fourth-order valence-electron chi connectivity index (χ4n) is 8.42. The standard InChI is InChI=1S/C44H39N12O9S3.4Li/c57-66(58,59)28-15-16-30-27(25-28)14-18-36(38(30)68(63,64)65)48-42-50-40(52-44(54-42)56-23-7-8-24-56)46-34-20-19-33(31-11-3-4-12-32(31)34)45-39-49-41(53-43(51-39)55-21-5-6-22-55)47-35-17-13-26-9-1-2-10-29(26)37(35)67(60,61)62;;;;/h2-4,9-20,25H,5-8,21-24H2,(H,57,58,59)(H,60,61,62)(H,63,64,65)(H2,45,47,49,51,53)(H2,46,48,50,52,54);;;;/q-1;4*+1/p-3. The third-order valence-corrected chi connectivity index (χ3v) is 14.2. The Morgan fingerprint density at radius 2 is 0.847 bits per heavy atom. The Kier molecular flexibility index (Phi) is 17.7. The van der Waals surface area contributed by atoms with Crippen molar-refractivity contribution in [2.75, 3.05) is 57.2 Å². The molecule has 0 atom stereocenters. The van der Waals surface area contributed by atoms with Crippen molar-refractivity contribution in [1.82, 2.24) is 29.9 Å². The molecule has 2 aliphatic rings. The maximum Gasteiger partial charge on any atom is 1.00 e. The van der Waals surface area contributed by atoms with Gasteiger partial charge in [0.15, 0.2) is 0 Å². The van der Waals surface area contributed by atoms with E-state index in [0.717, 1.165) is 43.9 Å². The van der Waals surface area contributed by atoms with Gasteiger partial charge < -0.3 is 44.7 Å². The van der Waals surface area contributed by atoms with Gasteiger partial charge in [-0.2, -0.15) is 54.2 Å². The molecule has 2 aromatic heterocycles. The second-order valence-electron chi connectivity index (χ2n) is 15.9. The van der Waals surface area contributed by atoms with E-state index in [1.807, 2.05) is 34.1 Å². The predicted molar refractivity (Wildman–Crippen MR) is 250 cm³/mol. The van der Waals surface area contributed by atoms with E-state index in [-0.39, 0.29) is 133 Å². The van der Waals surface area contributed by atoms with Gasteiger partial charge in [0.25, 0.3) is 0 Å². The van der Waals surface area contributed by atoms with Crippen LogP contribution in [0.1, 0.15) is 25.7 Å². The molecule has 28 heteroatoms. The quantitative estimate of drug-likeness (QED) is 0.0475. The molecule has 10 rings (SSSR count). The second-order valence-corrected chi connectivity index (χ2v) is 19.9. The molecule has 72 heavy (non-hydrogen) atoms. The molecule has 0 aliphatic carbocycles. The Morgan fingerprint density at radius 3 is 1.28 bits per heavy atom. The summed E-state index contributed by atoms with van der Waals surface area (Å²) in [7, 11) is -15.0. The number of aromatic nitrogens is 6. The predicted octanol–water partition coefficient (Wildman–Crippen LogP) is -5.78. The first-order chi connectivity index (χ1) is 32.5. The van der Waals surface area contributed by atoms with Crippen LogP contribution in [0.2, 0.25) is 0 Å². The van der Waals surface area contributed by atoms with Crippen LogP contribution in [-0.2, 0) is 30.4 Å². The first-order valence-electron chi connectivity index (χ1n) is 21.0. The van der Waals surface area contributed by atoms with Crippen molar-refractivity contribution in [2.24, 2.45) is 0 Å². The molecule has 6 aromatic carbocycles. The SMILES string of the molecule is O=S(=O)([O-])c1ccc2c(S(=O)(=O)[O-])c(Nc3nc(Nc4ccc(Nc5nc(Nc6ccc7c[c-]ccc7c6S(=O)(=O)[O-])nc(N6CCCC6)n5)c5ccccc45)nc(N4CCCC4)n3)ccc2c1.[Li+].[Li+].[Li+].[Li+]. The molecular weight excluding hydrogens is 965 g/mol. The van der Waals surface area contributed by atoms with Crippen LogP contribution in [0.4, 0.5) is 58.4 Å². The summed E-state index contributed by atoms with van der Waals surface area (Å²) in [6.07, 6.45) is 3.60. The van der Waals surface area contributed by atoms with Gasteiger partial charge in [-0.1, -0.05) is 36.4 Å². The Labute approximate surface area is 462 Å². The molecule has 0 unspecified atom stereocenters. The first kappa shape index (κ1) is 56.3. The Balaban J connectivity index is 0.00000212. The van der Waals surface area contributed by atoms with E-state index in [0.29, 0.717) is 59.7 Å². The zero-order chi connectivity index (χ0) is 47.4. The van der Waals surface area contributed by atoms with E-state index in [1.54, 1.807) is 24.3 Å². The summed E-state index contributed by atoms with van der Waals surface area (Å²) >= 11 is 0. The number of nitrogens with one attached hydrogen (secondary N) is 4. The summed E-state index contributed by atoms with van der Waals surface area (Å²) in [5.41, 5.74) is 0.951. The van der Waals surface area contributed by atoms with Crippen LogP contribution in [0.15, 0.2) is 112 Å². The topological polar surface area (TPSA) is 304 Å². The van der Waals surface area contributed by atoms with Crippen molar-refractivity contribution in [3.63, 3.8) is 0 Å². The molecule has 21 nitrogen and oxygen atoms in total. The summed E-state index contributed by atoms with van der Waals surface area (Å²) in [6, 6.07) is 27.3. The normalized spacial score (nSPS) is 13.7. The van der Waals surface area contributed by atoms with Gasteiger partial charge in [0.2, 0.25) is 35.7 Å². The van der Waals surface area contributed by atoms with Crippen molar-refractivity contribution in [1.29, 1.82) is 0 Å². The molecule has 0 spiro atoms. The van der Waals surface area contributed by atoms with Gasteiger partial charge in [0.05, 0.1) is 26.1 Å². The van der Waals surface area contributed by atoms with Gasteiger partial charge >= 0.3 is 75.4 Å². The molecule has 348 valence electrons. The molecule has 2 aliphatic heterocycles. The fourth-order valence-corrected chi connectivity index (χ4v) is 10.6.